The van der Waals surface area contributed by atoms with Crippen LogP contribution >= 0.6 is 0 Å². The van der Waals surface area contributed by atoms with Gasteiger partial charge < -0.3 is 9.80 Å². The van der Waals surface area contributed by atoms with Gasteiger partial charge in [-0.25, -0.2) is 4.39 Å². The van der Waals surface area contributed by atoms with E-state index in [1.165, 1.54) is 0 Å². The van der Waals surface area contributed by atoms with Crippen molar-refractivity contribution in [3.63, 3.8) is 0 Å². The summed E-state index contributed by atoms with van der Waals surface area (Å²) in [6.07, 6.45) is 1.45. The van der Waals surface area contributed by atoms with Gasteiger partial charge in [-0.15, -0.1) is 0 Å². The molecule has 2 heterocycles. The molecule has 2 atom stereocenters. The largest absolute Gasteiger partial charge is 0.339 e. The van der Waals surface area contributed by atoms with E-state index in [1.807, 2.05) is 30.3 Å². The molecule has 0 N–H and O–H groups in total. The number of nitrogens with zero attached hydrogens (tertiary/aromatic N) is 2. The number of halogens is 1. The first-order chi connectivity index (χ1) is 10.6. The van der Waals surface area contributed by atoms with Crippen LogP contribution in [0.4, 0.5) is 10.1 Å². The molecule has 3 fully saturated rings. The molecule has 1 saturated carbocycles. The standard InChI is InChI=1S/C17H19FN2O2/c18-17(7-4-8-17)16(22)19-9-12-10-20(15(21)14(12)11-19)13-5-2-1-3-6-13/h1-3,5-6,12,14H,4,7-11H2/t12-,14-/m0/s1. The third-order valence-electron chi connectivity index (χ3n) is 5.33. The summed E-state index contributed by atoms with van der Waals surface area (Å²) in [5, 5.41) is 0. The third-order valence-corrected chi connectivity index (χ3v) is 5.33. The zero-order valence-corrected chi connectivity index (χ0v) is 12.4. The van der Waals surface area contributed by atoms with Crippen molar-refractivity contribution in [3.8, 4) is 0 Å². The molecule has 5 heteroatoms. The minimum Gasteiger partial charge on any atom is -0.339 e. The summed E-state index contributed by atoms with van der Waals surface area (Å²) in [6.45, 7) is 1.50. The molecule has 1 aliphatic carbocycles. The lowest BCUT2D eigenvalue weighted by molar-refractivity contribution is -0.149. The highest BCUT2D eigenvalue weighted by atomic mass is 19.1. The van der Waals surface area contributed by atoms with Crippen LogP contribution in [0.1, 0.15) is 19.3 Å². The average molecular weight is 302 g/mol. The molecule has 0 aromatic heterocycles. The van der Waals surface area contributed by atoms with Gasteiger partial charge >= 0.3 is 0 Å². The fraction of sp³-hybridized carbons (Fsp3) is 0.529. The van der Waals surface area contributed by atoms with Crippen LogP contribution in [-0.2, 0) is 9.59 Å². The first-order valence-corrected chi connectivity index (χ1v) is 7.93. The second kappa shape index (κ2) is 4.80. The summed E-state index contributed by atoms with van der Waals surface area (Å²) in [5.74, 6) is -0.381. The molecule has 1 aromatic rings. The number of carbonyl (C=O) groups excluding carboxylic acids is 2. The molecule has 2 aliphatic heterocycles. The van der Waals surface area contributed by atoms with Gasteiger partial charge in [0.05, 0.1) is 5.92 Å². The molecule has 0 radical (unpaired) electrons. The Hall–Kier alpha value is -1.91. The van der Waals surface area contributed by atoms with Crippen molar-refractivity contribution in [1.82, 2.24) is 4.90 Å². The Morgan fingerprint density at radius 3 is 2.45 bits per heavy atom. The lowest BCUT2D eigenvalue weighted by Gasteiger charge is -2.36. The van der Waals surface area contributed by atoms with Crippen molar-refractivity contribution in [2.24, 2.45) is 11.8 Å². The molecule has 2 amide bonds. The number of likely N-dealkylation sites (tertiary alicyclic amines) is 1. The van der Waals surface area contributed by atoms with Crippen molar-refractivity contribution in [3.05, 3.63) is 30.3 Å². The number of fused-ring (bicyclic) bond motifs is 1. The molecule has 0 spiro atoms. The van der Waals surface area contributed by atoms with E-state index in [0.29, 0.717) is 32.5 Å². The molecule has 3 aliphatic rings. The van der Waals surface area contributed by atoms with E-state index in [0.717, 1.165) is 12.1 Å². The van der Waals surface area contributed by atoms with E-state index in [-0.39, 0.29) is 17.7 Å². The monoisotopic (exact) mass is 302 g/mol. The van der Waals surface area contributed by atoms with E-state index < -0.39 is 11.6 Å². The topological polar surface area (TPSA) is 40.6 Å². The van der Waals surface area contributed by atoms with Gasteiger partial charge in [0.15, 0.2) is 5.67 Å². The summed E-state index contributed by atoms with van der Waals surface area (Å²) in [5.41, 5.74) is -0.749. The quantitative estimate of drug-likeness (QED) is 0.838. The first kappa shape index (κ1) is 13.7. The zero-order valence-electron chi connectivity index (χ0n) is 12.4. The highest BCUT2D eigenvalue weighted by molar-refractivity contribution is 5.99. The normalized spacial score (nSPS) is 29.4. The van der Waals surface area contributed by atoms with Gasteiger partial charge in [-0.1, -0.05) is 18.2 Å². The predicted octanol–water partition coefficient (Wildman–Crippen LogP) is 2.00. The number of alkyl halides is 1. The molecule has 4 rings (SSSR count). The van der Waals surface area contributed by atoms with E-state index >= 15 is 0 Å². The van der Waals surface area contributed by atoms with Gasteiger partial charge in [0, 0.05) is 31.2 Å². The minimum absolute atomic E-state index is 0.0630. The van der Waals surface area contributed by atoms with Gasteiger partial charge in [-0.3, -0.25) is 9.59 Å². The van der Waals surface area contributed by atoms with Gasteiger partial charge in [0.25, 0.3) is 5.91 Å². The highest BCUT2D eigenvalue weighted by Gasteiger charge is 2.53. The fourth-order valence-corrected chi connectivity index (χ4v) is 3.85. The Bertz CT molecular complexity index is 614. The summed E-state index contributed by atoms with van der Waals surface area (Å²) in [7, 11) is 0. The Labute approximate surface area is 128 Å². The smallest absolute Gasteiger partial charge is 0.260 e. The Morgan fingerprint density at radius 2 is 1.86 bits per heavy atom. The lowest BCUT2D eigenvalue weighted by atomic mass is 9.81. The molecule has 22 heavy (non-hydrogen) atoms. The maximum Gasteiger partial charge on any atom is 0.260 e. The molecule has 1 aromatic carbocycles. The van der Waals surface area contributed by atoms with E-state index in [2.05, 4.69) is 0 Å². The second-order valence-corrected chi connectivity index (χ2v) is 6.68. The van der Waals surface area contributed by atoms with Crippen molar-refractivity contribution < 1.29 is 14.0 Å². The number of hydrogen-bond donors (Lipinski definition) is 0. The summed E-state index contributed by atoms with van der Waals surface area (Å²) >= 11 is 0. The second-order valence-electron chi connectivity index (χ2n) is 6.68. The number of hydrogen-bond acceptors (Lipinski definition) is 2. The number of rotatable bonds is 2. The molecule has 0 bridgehead atoms. The predicted molar refractivity (Wildman–Crippen MR) is 80.0 cm³/mol. The summed E-state index contributed by atoms with van der Waals surface area (Å²) in [4.78, 5) is 28.2. The third kappa shape index (κ3) is 1.95. The van der Waals surface area contributed by atoms with Gasteiger partial charge in [-0.2, -0.15) is 0 Å². The van der Waals surface area contributed by atoms with Crippen LogP contribution < -0.4 is 4.90 Å². The number of anilines is 1. The number of carbonyl (C=O) groups is 2. The van der Waals surface area contributed by atoms with Crippen LogP contribution in [0.25, 0.3) is 0 Å². The van der Waals surface area contributed by atoms with Crippen molar-refractivity contribution >= 4 is 17.5 Å². The summed E-state index contributed by atoms with van der Waals surface area (Å²) < 4.78 is 14.3. The number of amides is 2. The van der Waals surface area contributed by atoms with Crippen molar-refractivity contribution in [1.29, 1.82) is 0 Å². The molecular weight excluding hydrogens is 283 g/mol. The summed E-state index contributed by atoms with van der Waals surface area (Å²) in [6, 6.07) is 9.59. The SMILES string of the molecule is O=C1[C@H]2CN(C(=O)C3(F)CCC3)C[C@H]2CN1c1ccccc1. The van der Waals surface area contributed by atoms with Gasteiger partial charge in [0.1, 0.15) is 0 Å². The molecular formula is C17H19FN2O2. The average Bonchev–Trinajstić information content (AvgIpc) is 3.05. The van der Waals surface area contributed by atoms with Crippen molar-refractivity contribution in [2.75, 3.05) is 24.5 Å². The van der Waals surface area contributed by atoms with Crippen molar-refractivity contribution in [2.45, 2.75) is 24.9 Å². The van der Waals surface area contributed by atoms with E-state index in [4.69, 9.17) is 0 Å². The van der Waals surface area contributed by atoms with Crippen LogP contribution in [0.15, 0.2) is 30.3 Å². The Kier molecular flexibility index (Phi) is 2.99. The van der Waals surface area contributed by atoms with Gasteiger partial charge in [0.2, 0.25) is 5.91 Å². The van der Waals surface area contributed by atoms with E-state index in [1.54, 1.807) is 9.80 Å². The Balaban J connectivity index is 1.47. The highest BCUT2D eigenvalue weighted by Crippen LogP contribution is 2.41. The van der Waals surface area contributed by atoms with E-state index in [9.17, 15) is 14.0 Å². The molecule has 4 nitrogen and oxygen atoms in total. The Morgan fingerprint density at radius 1 is 1.14 bits per heavy atom. The number of para-hydroxylation sites is 1. The minimum atomic E-state index is -1.65. The fourth-order valence-electron chi connectivity index (χ4n) is 3.85. The molecule has 2 saturated heterocycles. The van der Waals surface area contributed by atoms with Crippen LogP contribution in [-0.4, -0.2) is 42.0 Å². The maximum absolute atomic E-state index is 14.3. The van der Waals surface area contributed by atoms with Crippen LogP contribution in [0.3, 0.4) is 0 Å². The first-order valence-electron chi connectivity index (χ1n) is 7.93. The lowest BCUT2D eigenvalue weighted by Crippen LogP contribution is -2.50. The molecule has 0 unspecified atom stereocenters. The number of benzene rings is 1. The molecule has 116 valence electrons. The maximum atomic E-state index is 14.3. The van der Waals surface area contributed by atoms with Gasteiger partial charge in [-0.05, 0) is 31.4 Å². The van der Waals surface area contributed by atoms with Crippen LogP contribution in [0, 0.1) is 11.8 Å². The zero-order chi connectivity index (χ0) is 15.3. The van der Waals surface area contributed by atoms with Crippen LogP contribution in [0.2, 0.25) is 0 Å². The van der Waals surface area contributed by atoms with Crippen LogP contribution in [0.5, 0.6) is 0 Å².